The Morgan fingerprint density at radius 2 is 2.08 bits per heavy atom. The van der Waals surface area contributed by atoms with Crippen molar-refractivity contribution in [3.63, 3.8) is 0 Å². The van der Waals surface area contributed by atoms with E-state index in [0.29, 0.717) is 31.3 Å². The van der Waals surface area contributed by atoms with Gasteiger partial charge in [-0.1, -0.05) is 12.1 Å². The predicted octanol–water partition coefficient (Wildman–Crippen LogP) is 3.84. The zero-order chi connectivity index (χ0) is 18.5. The van der Waals surface area contributed by atoms with Gasteiger partial charge in [-0.3, -0.25) is 4.79 Å². The van der Waals surface area contributed by atoms with Gasteiger partial charge < -0.3 is 19.1 Å². The van der Waals surface area contributed by atoms with E-state index in [1.165, 1.54) is 0 Å². The lowest BCUT2D eigenvalue weighted by atomic mass is 10.1. The van der Waals surface area contributed by atoms with Crippen molar-refractivity contribution >= 4 is 17.7 Å². The number of nitrogens with zero attached hydrogens (tertiary/aromatic N) is 1. The monoisotopic (exact) mass is 353 g/mol. The normalized spacial score (nSPS) is 13.3. The summed E-state index contributed by atoms with van der Waals surface area (Å²) in [5, 5.41) is 0. The van der Waals surface area contributed by atoms with Crippen LogP contribution in [0.3, 0.4) is 0 Å². The van der Waals surface area contributed by atoms with Gasteiger partial charge in [0.15, 0.2) is 11.5 Å². The molecule has 136 valence electrons. The number of hydrogen-bond donors (Lipinski definition) is 0. The summed E-state index contributed by atoms with van der Waals surface area (Å²) >= 11 is 0. The molecule has 0 atom stereocenters. The average molecular weight is 353 g/mol. The first kappa shape index (κ1) is 17.9. The molecule has 0 saturated heterocycles. The standard InChI is InChI=1S/C21H23NO4/c1-4-25-19-9-6-16(14-20(19)24-3)7-10-21(23)22-11-12-26-18-8-5-15(2)13-17(18)22/h5-10,13-14H,4,11-12H2,1-3H3/b10-7+. The minimum absolute atomic E-state index is 0.0759. The lowest BCUT2D eigenvalue weighted by molar-refractivity contribution is -0.114. The first-order valence-corrected chi connectivity index (χ1v) is 8.66. The summed E-state index contributed by atoms with van der Waals surface area (Å²) in [6.07, 6.45) is 3.36. The molecule has 26 heavy (non-hydrogen) atoms. The van der Waals surface area contributed by atoms with Crippen molar-refractivity contribution in [3.05, 3.63) is 53.6 Å². The number of ether oxygens (including phenoxy) is 3. The van der Waals surface area contributed by atoms with E-state index >= 15 is 0 Å². The second kappa shape index (κ2) is 7.95. The number of rotatable bonds is 5. The molecule has 0 radical (unpaired) electrons. The molecule has 0 aliphatic carbocycles. The van der Waals surface area contributed by atoms with Gasteiger partial charge in [-0.2, -0.15) is 0 Å². The van der Waals surface area contributed by atoms with Gasteiger partial charge in [-0.15, -0.1) is 0 Å². The highest BCUT2D eigenvalue weighted by molar-refractivity contribution is 6.05. The molecule has 5 heteroatoms. The Balaban J connectivity index is 1.80. The number of carbonyl (C=O) groups excluding carboxylic acids is 1. The Morgan fingerprint density at radius 3 is 2.85 bits per heavy atom. The average Bonchev–Trinajstić information content (AvgIpc) is 2.66. The molecule has 2 aromatic carbocycles. The van der Waals surface area contributed by atoms with Gasteiger partial charge in [0.2, 0.25) is 0 Å². The maximum Gasteiger partial charge on any atom is 0.251 e. The van der Waals surface area contributed by atoms with Gasteiger partial charge in [0, 0.05) is 6.08 Å². The van der Waals surface area contributed by atoms with Crippen LogP contribution in [0.2, 0.25) is 0 Å². The van der Waals surface area contributed by atoms with Crippen LogP contribution < -0.4 is 19.1 Å². The van der Waals surface area contributed by atoms with E-state index in [9.17, 15) is 4.79 Å². The summed E-state index contributed by atoms with van der Waals surface area (Å²) in [4.78, 5) is 14.4. The van der Waals surface area contributed by atoms with Crippen LogP contribution in [0.25, 0.3) is 6.08 Å². The van der Waals surface area contributed by atoms with Gasteiger partial charge in [-0.05, 0) is 55.3 Å². The lowest BCUT2D eigenvalue weighted by Gasteiger charge is -2.29. The molecule has 2 aromatic rings. The second-order valence-electron chi connectivity index (χ2n) is 5.99. The van der Waals surface area contributed by atoms with Crippen LogP contribution in [-0.2, 0) is 4.79 Å². The zero-order valence-electron chi connectivity index (χ0n) is 15.3. The first-order valence-electron chi connectivity index (χ1n) is 8.66. The van der Waals surface area contributed by atoms with E-state index in [2.05, 4.69) is 0 Å². The summed E-state index contributed by atoms with van der Waals surface area (Å²) in [6.45, 7) is 5.52. The molecule has 0 saturated carbocycles. The molecule has 1 aliphatic rings. The predicted molar refractivity (Wildman–Crippen MR) is 102 cm³/mol. The third-order valence-electron chi connectivity index (χ3n) is 4.15. The Labute approximate surface area is 153 Å². The number of aryl methyl sites for hydroxylation is 1. The summed E-state index contributed by atoms with van der Waals surface area (Å²) < 4.78 is 16.5. The molecule has 3 rings (SSSR count). The number of methoxy groups -OCH3 is 1. The van der Waals surface area contributed by atoms with Crippen LogP contribution >= 0.6 is 0 Å². The van der Waals surface area contributed by atoms with Crippen molar-refractivity contribution in [2.45, 2.75) is 13.8 Å². The van der Waals surface area contributed by atoms with Crippen molar-refractivity contribution in [1.82, 2.24) is 0 Å². The van der Waals surface area contributed by atoms with Gasteiger partial charge in [-0.25, -0.2) is 0 Å². The van der Waals surface area contributed by atoms with Crippen LogP contribution in [0.4, 0.5) is 5.69 Å². The minimum atomic E-state index is -0.0759. The maximum absolute atomic E-state index is 12.7. The highest BCUT2D eigenvalue weighted by atomic mass is 16.5. The molecule has 1 heterocycles. The van der Waals surface area contributed by atoms with Crippen molar-refractivity contribution in [2.75, 3.05) is 31.8 Å². The molecule has 1 aliphatic heterocycles. The fourth-order valence-electron chi connectivity index (χ4n) is 2.88. The van der Waals surface area contributed by atoms with Crippen molar-refractivity contribution < 1.29 is 19.0 Å². The van der Waals surface area contributed by atoms with Crippen molar-refractivity contribution in [3.8, 4) is 17.2 Å². The first-order chi connectivity index (χ1) is 12.6. The molecule has 0 bridgehead atoms. The SMILES string of the molecule is CCOc1ccc(/C=C/C(=O)N2CCOc3ccc(C)cc32)cc1OC. The quantitative estimate of drug-likeness (QED) is 0.766. The van der Waals surface area contributed by atoms with Gasteiger partial charge in [0.25, 0.3) is 5.91 Å². The van der Waals surface area contributed by atoms with Crippen LogP contribution in [0.5, 0.6) is 17.2 Å². The molecule has 1 amide bonds. The van der Waals surface area contributed by atoms with E-state index in [-0.39, 0.29) is 5.91 Å². The number of amides is 1. The minimum Gasteiger partial charge on any atom is -0.493 e. The number of hydrogen-bond acceptors (Lipinski definition) is 4. The van der Waals surface area contributed by atoms with E-state index < -0.39 is 0 Å². The number of benzene rings is 2. The fourth-order valence-corrected chi connectivity index (χ4v) is 2.88. The number of fused-ring (bicyclic) bond motifs is 1. The summed E-state index contributed by atoms with van der Waals surface area (Å²) in [6, 6.07) is 11.5. The largest absolute Gasteiger partial charge is 0.493 e. The zero-order valence-corrected chi connectivity index (χ0v) is 15.3. The van der Waals surface area contributed by atoms with Crippen LogP contribution in [0.1, 0.15) is 18.1 Å². The summed E-state index contributed by atoms with van der Waals surface area (Å²) in [7, 11) is 1.60. The Morgan fingerprint density at radius 1 is 1.23 bits per heavy atom. The molecule has 0 N–H and O–H groups in total. The smallest absolute Gasteiger partial charge is 0.251 e. The molecule has 0 spiro atoms. The van der Waals surface area contributed by atoms with E-state index in [4.69, 9.17) is 14.2 Å². The van der Waals surface area contributed by atoms with E-state index in [1.54, 1.807) is 24.2 Å². The van der Waals surface area contributed by atoms with Gasteiger partial charge >= 0.3 is 0 Å². The topological polar surface area (TPSA) is 48.0 Å². The van der Waals surface area contributed by atoms with Crippen LogP contribution in [-0.4, -0.2) is 32.8 Å². The van der Waals surface area contributed by atoms with Crippen molar-refractivity contribution in [2.24, 2.45) is 0 Å². The van der Waals surface area contributed by atoms with Crippen molar-refractivity contribution in [1.29, 1.82) is 0 Å². The lowest BCUT2D eigenvalue weighted by Crippen LogP contribution is -2.36. The second-order valence-corrected chi connectivity index (χ2v) is 5.99. The molecular formula is C21H23NO4. The van der Waals surface area contributed by atoms with Gasteiger partial charge in [0.05, 0.1) is 25.9 Å². The fraction of sp³-hybridized carbons (Fsp3) is 0.286. The molecule has 0 unspecified atom stereocenters. The Hall–Kier alpha value is -2.95. The number of anilines is 1. The van der Waals surface area contributed by atoms with Crippen LogP contribution in [0, 0.1) is 6.92 Å². The molecule has 5 nitrogen and oxygen atoms in total. The Bertz CT molecular complexity index is 829. The van der Waals surface area contributed by atoms with E-state index in [1.807, 2.05) is 50.2 Å². The summed E-state index contributed by atoms with van der Waals surface area (Å²) in [5.74, 6) is 2.00. The highest BCUT2D eigenvalue weighted by Gasteiger charge is 2.22. The molecule has 0 fully saturated rings. The van der Waals surface area contributed by atoms with E-state index in [0.717, 1.165) is 22.6 Å². The number of carbonyl (C=O) groups is 1. The van der Waals surface area contributed by atoms with Gasteiger partial charge in [0.1, 0.15) is 12.4 Å². The highest BCUT2D eigenvalue weighted by Crippen LogP contribution is 2.33. The maximum atomic E-state index is 12.7. The molecule has 0 aromatic heterocycles. The third kappa shape index (κ3) is 3.82. The third-order valence-corrected chi connectivity index (χ3v) is 4.15. The Kier molecular flexibility index (Phi) is 5.46. The van der Waals surface area contributed by atoms with Crippen LogP contribution in [0.15, 0.2) is 42.5 Å². The molecular weight excluding hydrogens is 330 g/mol. The summed E-state index contributed by atoms with van der Waals surface area (Å²) in [5.41, 5.74) is 2.78.